The molecule has 4 atom stereocenters. The van der Waals surface area contributed by atoms with Crippen LogP contribution in [0.3, 0.4) is 0 Å². The number of likely N-dealkylation sites (tertiary alicyclic amines) is 2. The van der Waals surface area contributed by atoms with E-state index in [0.717, 1.165) is 76.9 Å². The number of nitrogens with zero attached hydrogens (tertiary/aromatic N) is 5. The minimum atomic E-state index is -0.777. The summed E-state index contributed by atoms with van der Waals surface area (Å²) in [6.45, 7) is 4.98. The van der Waals surface area contributed by atoms with Crippen molar-refractivity contribution in [1.29, 1.82) is 0 Å². The van der Waals surface area contributed by atoms with Gasteiger partial charge in [0.15, 0.2) is 6.04 Å². The summed E-state index contributed by atoms with van der Waals surface area (Å²) in [5.41, 5.74) is 5.86. The molecule has 4 heterocycles. The number of ether oxygens (including phenoxy) is 1. The Hall–Kier alpha value is -5.41. The van der Waals surface area contributed by atoms with Gasteiger partial charge in [0.05, 0.1) is 49.2 Å². The molecule has 3 amide bonds. The fraction of sp³-hybridized carbons (Fsp3) is 0.364. The zero-order valence-electron chi connectivity index (χ0n) is 33.9. The normalized spacial score (nSPS) is 16.6. The second-order valence-corrected chi connectivity index (χ2v) is 14.4. The maximum atomic E-state index is 13.9. The molecule has 2 aromatic heterocycles. The molecular formula is C44H56N8O6S3. The molecule has 5 aromatic rings. The molecule has 0 spiro atoms. The molecule has 3 aromatic carbocycles. The first-order valence-electron chi connectivity index (χ1n) is 19.1. The molecule has 0 aliphatic carbocycles. The van der Waals surface area contributed by atoms with Gasteiger partial charge in [-0.15, -0.1) is 0 Å². The number of benzene rings is 3. The lowest BCUT2D eigenvalue weighted by Crippen LogP contribution is -2.51. The van der Waals surface area contributed by atoms with Crippen molar-refractivity contribution in [3.05, 3.63) is 107 Å². The first-order valence-corrected chi connectivity index (χ1v) is 19.1. The number of carbonyl (C=O) groups is 3. The second kappa shape index (κ2) is 23.0. The minimum absolute atomic E-state index is 0. The lowest BCUT2D eigenvalue weighted by atomic mass is 10.0. The van der Waals surface area contributed by atoms with Crippen LogP contribution in [0.15, 0.2) is 84.0 Å². The summed E-state index contributed by atoms with van der Waals surface area (Å²) in [5.74, 6) is 7.59. The number of H-pyrrole nitrogens is 2. The van der Waals surface area contributed by atoms with Crippen LogP contribution in [0.5, 0.6) is 0 Å². The molecule has 14 nitrogen and oxygen atoms in total. The Bertz CT molecular complexity index is 2310. The fourth-order valence-corrected chi connectivity index (χ4v) is 7.52. The van der Waals surface area contributed by atoms with Crippen molar-refractivity contribution in [3.8, 4) is 23.1 Å². The molecule has 2 aliphatic heterocycles. The highest BCUT2D eigenvalue weighted by Crippen LogP contribution is 2.35. The summed E-state index contributed by atoms with van der Waals surface area (Å²) in [6, 6.07) is 21.3. The highest BCUT2D eigenvalue weighted by molar-refractivity contribution is 7.59. The Kier molecular flexibility index (Phi) is 18.8. The Morgan fingerprint density at radius 3 is 2.15 bits per heavy atom. The van der Waals surface area contributed by atoms with Crippen molar-refractivity contribution in [3.63, 3.8) is 0 Å². The SMILES string of the molecule is C.COOC=N[C@H](C(=O)N1CCC[C@H]1c1nc2ccc(C#Cc3ccc(-c4cnc([C@@H]5CCCN5C(=O)[C@@H](NC(=O)OC)C(C)C)[nH]4)cc3)cc2[nH]1)c1ccccc1.S.S.S. The van der Waals surface area contributed by atoms with Crippen molar-refractivity contribution in [1.82, 2.24) is 35.1 Å². The van der Waals surface area contributed by atoms with Gasteiger partial charge in [-0.3, -0.25) is 9.59 Å². The average Bonchev–Trinajstić information content (AvgIpc) is 4.07. The molecule has 2 aliphatic rings. The van der Waals surface area contributed by atoms with E-state index in [-0.39, 0.29) is 77.7 Å². The van der Waals surface area contributed by atoms with E-state index in [1.165, 1.54) is 14.2 Å². The number of methoxy groups -OCH3 is 1. The smallest absolute Gasteiger partial charge is 0.407 e. The number of fused-ring (bicyclic) bond motifs is 1. The molecule has 326 valence electrons. The number of aromatic nitrogens is 4. The van der Waals surface area contributed by atoms with Gasteiger partial charge in [0.2, 0.25) is 12.3 Å². The summed E-state index contributed by atoms with van der Waals surface area (Å²) >= 11 is 0. The highest BCUT2D eigenvalue weighted by atomic mass is 32.1. The van der Waals surface area contributed by atoms with Gasteiger partial charge in [-0.2, -0.15) is 45.4 Å². The Balaban J connectivity index is 0.00000248. The van der Waals surface area contributed by atoms with Gasteiger partial charge >= 0.3 is 6.09 Å². The summed E-state index contributed by atoms with van der Waals surface area (Å²) < 4.78 is 4.75. The third-order valence-corrected chi connectivity index (χ3v) is 10.4. The molecule has 61 heavy (non-hydrogen) atoms. The number of carbonyl (C=O) groups excluding carboxylic acids is 3. The summed E-state index contributed by atoms with van der Waals surface area (Å²) in [7, 11) is 2.67. The fourth-order valence-electron chi connectivity index (χ4n) is 7.52. The zero-order valence-corrected chi connectivity index (χ0v) is 36.9. The number of nitrogens with one attached hydrogen (secondary N) is 3. The van der Waals surface area contributed by atoms with Crippen LogP contribution in [0, 0.1) is 17.8 Å². The number of rotatable bonds is 11. The number of hydrogen-bond acceptors (Lipinski definition) is 9. The molecule has 2 saturated heterocycles. The monoisotopic (exact) mass is 888 g/mol. The van der Waals surface area contributed by atoms with Crippen LogP contribution in [0.4, 0.5) is 4.79 Å². The van der Waals surface area contributed by atoms with Crippen molar-refractivity contribution in [2.24, 2.45) is 10.9 Å². The van der Waals surface area contributed by atoms with E-state index in [4.69, 9.17) is 14.6 Å². The quantitative estimate of drug-likeness (QED) is 0.0406. The third kappa shape index (κ3) is 11.5. The molecule has 2 fully saturated rings. The number of alkyl carbamates (subject to hydrolysis) is 1. The summed E-state index contributed by atoms with van der Waals surface area (Å²) in [6.07, 6.45) is 5.56. The zero-order chi connectivity index (χ0) is 39.9. The van der Waals surface area contributed by atoms with E-state index >= 15 is 0 Å². The predicted octanol–water partition coefficient (Wildman–Crippen LogP) is 7.38. The number of hydrogen-bond donors (Lipinski definition) is 3. The number of aromatic amines is 2. The van der Waals surface area contributed by atoms with E-state index in [2.05, 4.69) is 42.0 Å². The topological polar surface area (TPSA) is 167 Å². The molecule has 0 bridgehead atoms. The van der Waals surface area contributed by atoms with Crippen LogP contribution < -0.4 is 5.32 Å². The first kappa shape index (κ1) is 49.9. The molecule has 0 saturated carbocycles. The largest absolute Gasteiger partial charge is 0.453 e. The van der Waals surface area contributed by atoms with Crippen LogP contribution >= 0.6 is 40.5 Å². The maximum Gasteiger partial charge on any atom is 0.407 e. The van der Waals surface area contributed by atoms with Gasteiger partial charge in [0.25, 0.3) is 5.91 Å². The van der Waals surface area contributed by atoms with E-state index in [0.29, 0.717) is 18.9 Å². The lowest BCUT2D eigenvalue weighted by molar-refractivity contribution is -0.188. The number of amides is 3. The molecule has 0 unspecified atom stereocenters. The van der Waals surface area contributed by atoms with E-state index in [9.17, 15) is 14.4 Å². The molecule has 3 N–H and O–H groups in total. The van der Waals surface area contributed by atoms with Crippen molar-refractivity contribution >= 4 is 75.8 Å². The van der Waals surface area contributed by atoms with Gasteiger partial charge < -0.3 is 34.7 Å². The van der Waals surface area contributed by atoms with Gasteiger partial charge in [-0.05, 0) is 73.1 Å². The second-order valence-electron chi connectivity index (χ2n) is 14.4. The first-order chi connectivity index (χ1) is 27.7. The van der Waals surface area contributed by atoms with Crippen LogP contribution in [0.25, 0.3) is 22.3 Å². The van der Waals surface area contributed by atoms with Gasteiger partial charge in [0.1, 0.15) is 17.7 Å². The minimum Gasteiger partial charge on any atom is -0.453 e. The predicted molar refractivity (Wildman–Crippen MR) is 251 cm³/mol. The lowest BCUT2D eigenvalue weighted by Gasteiger charge is -2.30. The van der Waals surface area contributed by atoms with Crippen molar-refractivity contribution in [2.45, 2.75) is 71.1 Å². The van der Waals surface area contributed by atoms with Gasteiger partial charge in [0, 0.05) is 24.2 Å². The number of aliphatic imine (C=N–C) groups is 1. The van der Waals surface area contributed by atoms with Crippen LogP contribution in [0.1, 0.15) is 93.4 Å². The molecular weight excluding hydrogens is 833 g/mol. The Morgan fingerprint density at radius 1 is 0.852 bits per heavy atom. The van der Waals surface area contributed by atoms with E-state index in [1.54, 1.807) is 11.1 Å². The molecule has 7 rings (SSSR count). The highest BCUT2D eigenvalue weighted by Gasteiger charge is 2.38. The Morgan fingerprint density at radius 2 is 1.49 bits per heavy atom. The van der Waals surface area contributed by atoms with Gasteiger partial charge in [-0.1, -0.05) is 75.6 Å². The van der Waals surface area contributed by atoms with E-state index in [1.807, 2.05) is 91.5 Å². The molecule has 0 radical (unpaired) electrons. The molecule has 17 heteroatoms. The van der Waals surface area contributed by atoms with Crippen molar-refractivity contribution < 1.29 is 28.9 Å². The van der Waals surface area contributed by atoms with Crippen LogP contribution in [-0.4, -0.2) is 87.4 Å². The summed E-state index contributed by atoms with van der Waals surface area (Å²) in [4.78, 5) is 73.3. The number of imidazole rings is 2. The Labute approximate surface area is 377 Å². The van der Waals surface area contributed by atoms with Gasteiger partial charge in [-0.25, -0.2) is 19.8 Å². The maximum absolute atomic E-state index is 13.9. The summed E-state index contributed by atoms with van der Waals surface area (Å²) in [5, 5.41) is 2.69. The third-order valence-electron chi connectivity index (χ3n) is 10.4. The van der Waals surface area contributed by atoms with E-state index < -0.39 is 18.2 Å². The van der Waals surface area contributed by atoms with Crippen LogP contribution in [0.2, 0.25) is 0 Å². The standard InChI is InChI=1S/C43H46N8O6.CH4.3H2S/c1-27(2)37(49-43(54)55-3)41(52)50-22-8-12-35(50)39-44-25-34(48-39)30-19-16-28(17-20-30)14-15-29-18-21-32-33(24-29)47-40(46-32)36-13-9-23-51(36)42(53)38(45-26-57-56-4)31-10-6-5-7-11-31;;;;/h5-7,10-11,16-21,24-27,35-38H,8-9,12-13,22-23H2,1-4H3,(H,44,48)(H,46,47)(H,49,54);1H4;3*1H2/t35-,36-,37-,38-;;;;/m0..../s1. The average molecular weight is 889 g/mol. The van der Waals surface area contributed by atoms with Crippen LogP contribution in [-0.2, 0) is 24.1 Å². The van der Waals surface area contributed by atoms with Crippen molar-refractivity contribution in [2.75, 3.05) is 27.3 Å².